The minimum Gasteiger partial charge on any atom is -0.496 e. The van der Waals surface area contributed by atoms with E-state index in [0.29, 0.717) is 0 Å². The first-order chi connectivity index (χ1) is 9.67. The molecule has 20 heavy (non-hydrogen) atoms. The second-order valence-electron chi connectivity index (χ2n) is 4.46. The van der Waals surface area contributed by atoms with E-state index >= 15 is 0 Å². The normalized spacial score (nSPS) is 12.4. The molecule has 108 valence electrons. The van der Waals surface area contributed by atoms with Crippen LogP contribution in [0.25, 0.3) is 0 Å². The van der Waals surface area contributed by atoms with Gasteiger partial charge in [-0.25, -0.2) is 0 Å². The molecule has 1 unspecified atom stereocenters. The van der Waals surface area contributed by atoms with Crippen LogP contribution in [-0.2, 0) is 0 Å². The van der Waals surface area contributed by atoms with Gasteiger partial charge < -0.3 is 10.1 Å². The van der Waals surface area contributed by atoms with Crippen LogP contribution in [0.3, 0.4) is 0 Å². The van der Waals surface area contributed by atoms with Gasteiger partial charge >= 0.3 is 0 Å². The van der Waals surface area contributed by atoms with Crippen molar-refractivity contribution in [3.63, 3.8) is 0 Å². The topological polar surface area (TPSA) is 21.3 Å². The Morgan fingerprint density at radius 2 is 2.05 bits per heavy atom. The maximum Gasteiger partial charge on any atom is 0.133 e. The predicted octanol–water partition coefficient (Wildman–Crippen LogP) is 5.37. The average Bonchev–Trinajstić information content (AvgIpc) is 2.86. The van der Waals surface area contributed by atoms with Gasteiger partial charge in [0.15, 0.2) is 0 Å². The average molecular weight is 419 g/mol. The molecule has 0 saturated carbocycles. The minimum atomic E-state index is 0.192. The molecule has 0 fully saturated rings. The van der Waals surface area contributed by atoms with Gasteiger partial charge in [0.05, 0.1) is 17.6 Å². The highest BCUT2D eigenvalue weighted by molar-refractivity contribution is 9.10. The van der Waals surface area contributed by atoms with Crippen molar-refractivity contribution in [2.45, 2.75) is 19.4 Å². The Morgan fingerprint density at radius 3 is 2.60 bits per heavy atom. The summed E-state index contributed by atoms with van der Waals surface area (Å²) < 4.78 is 7.44. The number of halogens is 2. The molecule has 1 heterocycles. The molecule has 5 heteroatoms. The van der Waals surface area contributed by atoms with Crippen LogP contribution < -0.4 is 10.1 Å². The number of methoxy groups -OCH3 is 1. The zero-order valence-electron chi connectivity index (χ0n) is 11.5. The first-order valence-corrected chi connectivity index (χ1v) is 8.98. The van der Waals surface area contributed by atoms with E-state index in [0.717, 1.165) is 27.7 Å². The smallest absolute Gasteiger partial charge is 0.133 e. The molecule has 2 nitrogen and oxygen atoms in total. The van der Waals surface area contributed by atoms with Crippen LogP contribution in [0, 0.1) is 0 Å². The van der Waals surface area contributed by atoms with Gasteiger partial charge in [-0.2, -0.15) is 11.3 Å². The lowest BCUT2D eigenvalue weighted by Gasteiger charge is -2.20. The fraction of sp³-hybridized carbons (Fsp3) is 0.333. The van der Waals surface area contributed by atoms with Crippen LogP contribution >= 0.6 is 43.2 Å². The molecule has 2 rings (SSSR count). The lowest BCUT2D eigenvalue weighted by molar-refractivity contribution is 0.411. The maximum absolute atomic E-state index is 5.30. The Bertz CT molecular complexity index is 571. The monoisotopic (exact) mass is 417 g/mol. The van der Waals surface area contributed by atoms with Crippen molar-refractivity contribution in [1.29, 1.82) is 0 Å². The minimum absolute atomic E-state index is 0.192. The number of rotatable bonds is 6. The number of hydrogen-bond acceptors (Lipinski definition) is 3. The molecule has 1 aromatic heterocycles. The fourth-order valence-electron chi connectivity index (χ4n) is 2.06. The highest BCUT2D eigenvalue weighted by atomic mass is 79.9. The van der Waals surface area contributed by atoms with Gasteiger partial charge in [-0.15, -0.1) is 0 Å². The standard InChI is InChI=1S/C15H17Br2NOS/c1-3-6-18-15(11-8-20-9-13(11)17)10-4-5-14(19-2)12(16)7-10/h4-5,7-9,15,18H,3,6H2,1-2H3. The van der Waals surface area contributed by atoms with Gasteiger partial charge in [0.1, 0.15) is 5.75 Å². The summed E-state index contributed by atoms with van der Waals surface area (Å²) in [7, 11) is 1.68. The third-order valence-corrected chi connectivity index (χ3v) is 5.43. The van der Waals surface area contributed by atoms with Crippen molar-refractivity contribution >= 4 is 43.2 Å². The number of thiophene rings is 1. The van der Waals surface area contributed by atoms with Crippen molar-refractivity contribution < 1.29 is 4.74 Å². The molecule has 1 N–H and O–H groups in total. The molecule has 1 atom stereocenters. The third-order valence-electron chi connectivity index (χ3n) is 3.06. The Hall–Kier alpha value is -0.360. The molecule has 0 aliphatic rings. The van der Waals surface area contributed by atoms with Gasteiger partial charge in [-0.3, -0.25) is 0 Å². The van der Waals surface area contributed by atoms with Gasteiger partial charge in [0.2, 0.25) is 0 Å². The summed E-state index contributed by atoms with van der Waals surface area (Å²) in [5, 5.41) is 7.92. The molecular formula is C15H17Br2NOS. The summed E-state index contributed by atoms with van der Waals surface area (Å²) in [6, 6.07) is 6.43. The van der Waals surface area contributed by atoms with E-state index in [1.807, 2.05) is 6.07 Å². The number of nitrogens with one attached hydrogen (secondary N) is 1. The predicted molar refractivity (Wildman–Crippen MR) is 92.8 cm³/mol. The SMILES string of the molecule is CCCNC(c1ccc(OC)c(Br)c1)c1cscc1Br. The number of hydrogen-bond donors (Lipinski definition) is 1. The summed E-state index contributed by atoms with van der Waals surface area (Å²) in [5.41, 5.74) is 2.51. The molecule has 0 aliphatic heterocycles. The quantitative estimate of drug-likeness (QED) is 0.680. The molecule has 2 aromatic rings. The van der Waals surface area contributed by atoms with Crippen LogP contribution in [0.15, 0.2) is 37.9 Å². The molecule has 0 radical (unpaired) electrons. The highest BCUT2D eigenvalue weighted by Crippen LogP contribution is 2.34. The Balaban J connectivity index is 2.36. The fourth-order valence-corrected chi connectivity index (χ4v) is 4.17. The molecule has 0 amide bonds. The van der Waals surface area contributed by atoms with E-state index in [1.165, 1.54) is 11.1 Å². The van der Waals surface area contributed by atoms with E-state index in [9.17, 15) is 0 Å². The highest BCUT2D eigenvalue weighted by Gasteiger charge is 2.18. The lowest BCUT2D eigenvalue weighted by Crippen LogP contribution is -2.23. The molecule has 0 spiro atoms. The van der Waals surface area contributed by atoms with Crippen molar-refractivity contribution in [2.75, 3.05) is 13.7 Å². The molecule has 0 bridgehead atoms. The summed E-state index contributed by atoms with van der Waals surface area (Å²) in [6.45, 7) is 3.16. The second-order valence-corrected chi connectivity index (χ2v) is 6.91. The van der Waals surface area contributed by atoms with Crippen molar-refractivity contribution in [1.82, 2.24) is 5.32 Å². The van der Waals surface area contributed by atoms with E-state index in [1.54, 1.807) is 18.4 Å². The first-order valence-electron chi connectivity index (χ1n) is 6.45. The largest absolute Gasteiger partial charge is 0.496 e. The third kappa shape index (κ3) is 3.64. The first kappa shape index (κ1) is 16.0. The number of benzene rings is 1. The van der Waals surface area contributed by atoms with Gasteiger partial charge in [0, 0.05) is 9.85 Å². The second kappa shape index (κ2) is 7.59. The molecular weight excluding hydrogens is 402 g/mol. The lowest BCUT2D eigenvalue weighted by atomic mass is 10.0. The van der Waals surface area contributed by atoms with Crippen molar-refractivity contribution in [3.8, 4) is 5.75 Å². The summed E-state index contributed by atoms with van der Waals surface area (Å²) in [5.74, 6) is 0.854. The van der Waals surface area contributed by atoms with Crippen molar-refractivity contribution in [2.24, 2.45) is 0 Å². The van der Waals surface area contributed by atoms with Crippen LogP contribution in [0.2, 0.25) is 0 Å². The maximum atomic E-state index is 5.30. The molecule has 1 aromatic carbocycles. The summed E-state index contributed by atoms with van der Waals surface area (Å²) in [4.78, 5) is 0. The zero-order chi connectivity index (χ0) is 14.5. The Kier molecular flexibility index (Phi) is 6.08. The number of ether oxygens (including phenoxy) is 1. The van der Waals surface area contributed by atoms with Crippen LogP contribution in [0.5, 0.6) is 5.75 Å². The summed E-state index contributed by atoms with van der Waals surface area (Å²) >= 11 is 8.91. The van der Waals surface area contributed by atoms with E-state index in [4.69, 9.17) is 4.74 Å². The summed E-state index contributed by atoms with van der Waals surface area (Å²) in [6.07, 6.45) is 1.11. The van der Waals surface area contributed by atoms with Gasteiger partial charge in [0.25, 0.3) is 0 Å². The van der Waals surface area contributed by atoms with Crippen LogP contribution in [0.1, 0.15) is 30.5 Å². The van der Waals surface area contributed by atoms with E-state index in [2.05, 4.69) is 67.0 Å². The Morgan fingerprint density at radius 1 is 1.25 bits per heavy atom. The van der Waals surface area contributed by atoms with Crippen LogP contribution in [-0.4, -0.2) is 13.7 Å². The van der Waals surface area contributed by atoms with Gasteiger partial charge in [-0.1, -0.05) is 13.0 Å². The van der Waals surface area contributed by atoms with Gasteiger partial charge in [-0.05, 0) is 73.5 Å². The van der Waals surface area contributed by atoms with E-state index in [-0.39, 0.29) is 6.04 Å². The molecule has 0 aliphatic carbocycles. The Labute approximate surface area is 140 Å². The van der Waals surface area contributed by atoms with E-state index < -0.39 is 0 Å². The zero-order valence-corrected chi connectivity index (χ0v) is 15.4. The van der Waals surface area contributed by atoms with Crippen molar-refractivity contribution in [3.05, 3.63) is 49.0 Å². The van der Waals surface area contributed by atoms with Crippen LogP contribution in [0.4, 0.5) is 0 Å². The molecule has 0 saturated heterocycles.